The lowest BCUT2D eigenvalue weighted by molar-refractivity contribution is -0.211. The second-order valence-corrected chi connectivity index (χ2v) is 8.03. The first kappa shape index (κ1) is 20.5. The summed E-state index contributed by atoms with van der Waals surface area (Å²) in [6.07, 6.45) is 7.07. The monoisotopic (exact) mass is 378 g/mol. The molecule has 0 atom stereocenters. The fraction of sp³-hybridized carbons (Fsp3) is 0.652. The number of rotatable bonds is 7. The molecule has 1 saturated heterocycles. The SMILES string of the molecule is CCCc1ccc(C2CCC(C3COC(CCC=C(F)F)OC3)CC2)cc1. The summed E-state index contributed by atoms with van der Waals surface area (Å²) in [6, 6.07) is 9.22. The molecule has 0 radical (unpaired) electrons. The molecule has 0 N–H and O–H groups in total. The van der Waals surface area contributed by atoms with Crippen molar-refractivity contribution >= 4 is 0 Å². The van der Waals surface area contributed by atoms with Crippen molar-refractivity contribution in [1.29, 1.82) is 0 Å². The normalized spacial score (nSPS) is 28.7. The van der Waals surface area contributed by atoms with E-state index in [1.807, 2.05) is 0 Å². The zero-order chi connectivity index (χ0) is 19.1. The molecule has 1 aromatic carbocycles. The smallest absolute Gasteiger partial charge is 0.266 e. The van der Waals surface area contributed by atoms with Gasteiger partial charge in [-0.3, -0.25) is 0 Å². The zero-order valence-electron chi connectivity index (χ0n) is 16.3. The third-order valence-electron chi connectivity index (χ3n) is 6.12. The standard InChI is InChI=1S/C23H32F2O2/c1-2-4-17-7-9-18(10-8-17)19-11-13-20(14-12-19)21-15-26-23(27-16-21)6-3-5-22(24)25/h5,7-10,19-21,23H,2-4,6,11-16H2,1H3. The quantitative estimate of drug-likeness (QED) is 0.542. The summed E-state index contributed by atoms with van der Waals surface area (Å²) in [5.74, 6) is 1.78. The first-order valence-corrected chi connectivity index (χ1v) is 10.5. The highest BCUT2D eigenvalue weighted by molar-refractivity contribution is 5.26. The van der Waals surface area contributed by atoms with Crippen LogP contribution in [0.1, 0.15) is 68.9 Å². The van der Waals surface area contributed by atoms with Crippen molar-refractivity contribution in [2.45, 2.75) is 70.5 Å². The van der Waals surface area contributed by atoms with E-state index < -0.39 is 6.08 Å². The maximum absolute atomic E-state index is 12.1. The Kier molecular flexibility index (Phi) is 7.83. The summed E-state index contributed by atoms with van der Waals surface area (Å²) < 4.78 is 35.7. The molecule has 0 spiro atoms. The van der Waals surface area contributed by atoms with Gasteiger partial charge in [-0.25, -0.2) is 0 Å². The van der Waals surface area contributed by atoms with Crippen LogP contribution in [0, 0.1) is 11.8 Å². The highest BCUT2D eigenvalue weighted by Gasteiger charge is 2.32. The van der Waals surface area contributed by atoms with Gasteiger partial charge in [-0.1, -0.05) is 37.6 Å². The topological polar surface area (TPSA) is 18.5 Å². The molecular weight excluding hydrogens is 346 g/mol. The lowest BCUT2D eigenvalue weighted by Crippen LogP contribution is -2.37. The number of allylic oxidation sites excluding steroid dienone is 1. The number of ether oxygens (including phenoxy) is 2. The van der Waals surface area contributed by atoms with E-state index in [9.17, 15) is 8.78 Å². The van der Waals surface area contributed by atoms with Gasteiger partial charge in [-0.2, -0.15) is 8.78 Å². The molecule has 27 heavy (non-hydrogen) atoms. The van der Waals surface area contributed by atoms with Crippen LogP contribution in [0.5, 0.6) is 0 Å². The summed E-state index contributed by atoms with van der Waals surface area (Å²) in [5, 5.41) is 0. The summed E-state index contributed by atoms with van der Waals surface area (Å²) in [4.78, 5) is 0. The van der Waals surface area contributed by atoms with Crippen molar-refractivity contribution < 1.29 is 18.3 Å². The Morgan fingerprint density at radius 3 is 2.26 bits per heavy atom. The maximum Gasteiger partial charge on any atom is 0.266 e. The minimum Gasteiger partial charge on any atom is -0.352 e. The average Bonchev–Trinajstić information content (AvgIpc) is 2.69. The third-order valence-corrected chi connectivity index (χ3v) is 6.12. The fourth-order valence-corrected chi connectivity index (χ4v) is 4.49. The molecule has 1 heterocycles. The lowest BCUT2D eigenvalue weighted by atomic mass is 9.74. The Balaban J connectivity index is 1.40. The van der Waals surface area contributed by atoms with Gasteiger partial charge in [0.2, 0.25) is 0 Å². The van der Waals surface area contributed by atoms with Gasteiger partial charge < -0.3 is 9.47 Å². The Morgan fingerprint density at radius 2 is 1.67 bits per heavy atom. The molecule has 1 saturated carbocycles. The first-order chi connectivity index (χ1) is 13.2. The van der Waals surface area contributed by atoms with E-state index in [1.165, 1.54) is 43.2 Å². The Morgan fingerprint density at radius 1 is 1.00 bits per heavy atom. The average molecular weight is 379 g/mol. The van der Waals surface area contributed by atoms with Gasteiger partial charge in [0.05, 0.1) is 13.2 Å². The minimum atomic E-state index is -1.62. The zero-order valence-corrected chi connectivity index (χ0v) is 16.3. The molecule has 0 amide bonds. The molecule has 2 nitrogen and oxygen atoms in total. The van der Waals surface area contributed by atoms with E-state index in [0.29, 0.717) is 43.8 Å². The van der Waals surface area contributed by atoms with Gasteiger partial charge >= 0.3 is 0 Å². The largest absolute Gasteiger partial charge is 0.352 e. The van der Waals surface area contributed by atoms with Crippen LogP contribution in [0.25, 0.3) is 0 Å². The molecule has 1 aliphatic carbocycles. The number of hydrogen-bond acceptors (Lipinski definition) is 2. The first-order valence-electron chi connectivity index (χ1n) is 10.5. The molecule has 1 aromatic rings. The van der Waals surface area contributed by atoms with E-state index in [-0.39, 0.29) is 6.29 Å². The van der Waals surface area contributed by atoms with E-state index in [2.05, 4.69) is 31.2 Å². The Bertz CT molecular complexity index is 579. The van der Waals surface area contributed by atoms with Crippen LogP contribution in [-0.2, 0) is 15.9 Å². The third kappa shape index (κ3) is 6.11. The maximum atomic E-state index is 12.1. The van der Waals surface area contributed by atoms with Crippen LogP contribution in [-0.4, -0.2) is 19.5 Å². The minimum absolute atomic E-state index is 0.305. The molecule has 2 fully saturated rings. The summed E-state index contributed by atoms with van der Waals surface area (Å²) in [6.45, 7) is 3.62. The van der Waals surface area contributed by atoms with Crippen LogP contribution in [0.4, 0.5) is 8.78 Å². The van der Waals surface area contributed by atoms with Gasteiger partial charge in [0.15, 0.2) is 6.29 Å². The number of aryl methyl sites for hydroxylation is 1. The number of hydrogen-bond donors (Lipinski definition) is 0. The van der Waals surface area contributed by atoms with Gasteiger partial charge in [0.25, 0.3) is 6.08 Å². The molecule has 3 rings (SSSR count). The number of benzene rings is 1. The van der Waals surface area contributed by atoms with E-state index in [4.69, 9.17) is 9.47 Å². The van der Waals surface area contributed by atoms with Crippen molar-refractivity contribution in [3.05, 3.63) is 47.5 Å². The van der Waals surface area contributed by atoms with Crippen LogP contribution in [0.15, 0.2) is 36.4 Å². The molecule has 1 aliphatic heterocycles. The molecule has 0 unspecified atom stereocenters. The fourth-order valence-electron chi connectivity index (χ4n) is 4.49. The predicted molar refractivity (Wildman–Crippen MR) is 104 cm³/mol. The van der Waals surface area contributed by atoms with Crippen molar-refractivity contribution in [2.75, 3.05) is 13.2 Å². The predicted octanol–water partition coefficient (Wildman–Crippen LogP) is 6.46. The molecular formula is C23H32F2O2. The molecule has 0 aromatic heterocycles. The van der Waals surface area contributed by atoms with Crippen molar-refractivity contribution in [3.8, 4) is 0 Å². The second kappa shape index (κ2) is 10.3. The van der Waals surface area contributed by atoms with E-state index in [1.54, 1.807) is 0 Å². The highest BCUT2D eigenvalue weighted by atomic mass is 19.3. The highest BCUT2D eigenvalue weighted by Crippen LogP contribution is 2.40. The Hall–Kier alpha value is -1.26. The van der Waals surface area contributed by atoms with Crippen LogP contribution >= 0.6 is 0 Å². The summed E-state index contributed by atoms with van der Waals surface area (Å²) in [7, 11) is 0. The van der Waals surface area contributed by atoms with Gasteiger partial charge in [-0.15, -0.1) is 0 Å². The molecule has 4 heteroatoms. The van der Waals surface area contributed by atoms with E-state index >= 15 is 0 Å². The van der Waals surface area contributed by atoms with Crippen LogP contribution in [0.3, 0.4) is 0 Å². The second-order valence-electron chi connectivity index (χ2n) is 8.03. The van der Waals surface area contributed by atoms with Gasteiger partial charge in [0.1, 0.15) is 0 Å². The summed E-state index contributed by atoms with van der Waals surface area (Å²) >= 11 is 0. The molecule has 0 bridgehead atoms. The van der Waals surface area contributed by atoms with E-state index in [0.717, 1.165) is 12.5 Å². The Labute approximate surface area is 161 Å². The van der Waals surface area contributed by atoms with Gasteiger partial charge in [-0.05, 0) is 67.6 Å². The van der Waals surface area contributed by atoms with Gasteiger partial charge in [0, 0.05) is 12.3 Å². The van der Waals surface area contributed by atoms with Crippen molar-refractivity contribution in [1.82, 2.24) is 0 Å². The van der Waals surface area contributed by atoms with Crippen LogP contribution < -0.4 is 0 Å². The molecule has 150 valence electrons. The number of halogens is 2. The van der Waals surface area contributed by atoms with Crippen molar-refractivity contribution in [3.63, 3.8) is 0 Å². The summed E-state index contributed by atoms with van der Waals surface area (Å²) in [5.41, 5.74) is 2.92. The van der Waals surface area contributed by atoms with Crippen molar-refractivity contribution in [2.24, 2.45) is 11.8 Å². The molecule has 2 aliphatic rings. The lowest BCUT2D eigenvalue weighted by Gasteiger charge is -2.38. The van der Waals surface area contributed by atoms with Crippen LogP contribution in [0.2, 0.25) is 0 Å².